The minimum Gasteiger partial charge on any atom is -0.356 e. The van der Waals surface area contributed by atoms with Gasteiger partial charge >= 0.3 is 0 Å². The molecule has 2 rings (SSSR count). The maximum Gasteiger partial charge on any atom is 0.190 e. The van der Waals surface area contributed by atoms with Gasteiger partial charge in [0.05, 0.1) is 5.69 Å². The number of hydrogen-bond acceptors (Lipinski definition) is 3. The molecule has 7 heteroatoms. The molecule has 0 bridgehead atoms. The van der Waals surface area contributed by atoms with E-state index in [1.54, 1.807) is 0 Å². The lowest BCUT2D eigenvalue weighted by Crippen LogP contribution is -2.40. The molecule has 1 aromatic rings. The molecule has 1 aromatic heterocycles. The van der Waals surface area contributed by atoms with Gasteiger partial charge in [-0.05, 0) is 70.6 Å². The van der Waals surface area contributed by atoms with Crippen molar-refractivity contribution in [2.24, 2.45) is 18.0 Å². The van der Waals surface area contributed by atoms with E-state index in [2.05, 4.69) is 46.4 Å². The van der Waals surface area contributed by atoms with Crippen LogP contribution in [0.25, 0.3) is 0 Å². The third kappa shape index (κ3) is 7.06. The molecule has 0 spiro atoms. The highest BCUT2D eigenvalue weighted by Gasteiger charge is 2.14. The number of aliphatic imine (C=N–C) groups is 1. The molecule has 1 saturated heterocycles. The molecular weight excluding hydrogens is 439 g/mol. The Bertz CT molecular complexity index is 561. The van der Waals surface area contributed by atoms with E-state index in [0.29, 0.717) is 0 Å². The normalized spacial score (nSPS) is 16.4. The lowest BCUT2D eigenvalue weighted by Gasteiger charge is -2.30. The summed E-state index contributed by atoms with van der Waals surface area (Å²) in [6.45, 7) is 12.1. The molecule has 1 fully saturated rings. The SMILES string of the molecule is CN=C(NCCCN1CCC(C)CC1)NCCc1c(C)nn(C)c1C.I. The maximum atomic E-state index is 4.48. The van der Waals surface area contributed by atoms with Crippen LogP contribution in [0.2, 0.25) is 0 Å². The molecule has 1 aliphatic rings. The summed E-state index contributed by atoms with van der Waals surface area (Å²) in [6, 6.07) is 0. The lowest BCUT2D eigenvalue weighted by atomic mass is 9.99. The summed E-state index contributed by atoms with van der Waals surface area (Å²) in [5, 5.41) is 11.3. The van der Waals surface area contributed by atoms with Crippen molar-refractivity contribution in [1.82, 2.24) is 25.3 Å². The van der Waals surface area contributed by atoms with Gasteiger partial charge in [0.1, 0.15) is 0 Å². The van der Waals surface area contributed by atoms with E-state index in [9.17, 15) is 0 Å². The zero-order valence-corrected chi connectivity index (χ0v) is 19.5. The largest absolute Gasteiger partial charge is 0.356 e. The van der Waals surface area contributed by atoms with Crippen molar-refractivity contribution in [3.63, 3.8) is 0 Å². The molecular formula is C19H37IN6. The number of guanidine groups is 1. The second-order valence-electron chi connectivity index (χ2n) is 7.33. The molecule has 0 saturated carbocycles. The van der Waals surface area contributed by atoms with E-state index in [1.807, 2.05) is 18.8 Å². The molecule has 0 aromatic carbocycles. The van der Waals surface area contributed by atoms with Crippen LogP contribution >= 0.6 is 24.0 Å². The zero-order valence-electron chi connectivity index (χ0n) is 17.1. The number of nitrogens with one attached hydrogen (secondary N) is 2. The van der Waals surface area contributed by atoms with Crippen LogP contribution in [-0.4, -0.2) is 60.4 Å². The Morgan fingerprint density at radius 3 is 2.42 bits per heavy atom. The van der Waals surface area contributed by atoms with Crippen LogP contribution in [0.4, 0.5) is 0 Å². The molecule has 150 valence electrons. The van der Waals surface area contributed by atoms with Crippen LogP contribution in [0, 0.1) is 19.8 Å². The van der Waals surface area contributed by atoms with Crippen molar-refractivity contribution >= 4 is 29.9 Å². The smallest absolute Gasteiger partial charge is 0.190 e. The number of likely N-dealkylation sites (tertiary alicyclic amines) is 1. The van der Waals surface area contributed by atoms with Crippen molar-refractivity contribution < 1.29 is 0 Å². The molecule has 0 radical (unpaired) electrons. The Morgan fingerprint density at radius 2 is 1.85 bits per heavy atom. The fourth-order valence-electron chi connectivity index (χ4n) is 3.50. The quantitative estimate of drug-likeness (QED) is 0.275. The molecule has 0 aliphatic carbocycles. The van der Waals surface area contributed by atoms with Gasteiger partial charge in [-0.25, -0.2) is 0 Å². The van der Waals surface area contributed by atoms with Gasteiger partial charge in [-0.1, -0.05) is 6.92 Å². The first-order valence-electron chi connectivity index (χ1n) is 9.67. The van der Waals surface area contributed by atoms with E-state index in [0.717, 1.165) is 43.5 Å². The monoisotopic (exact) mass is 476 g/mol. The summed E-state index contributed by atoms with van der Waals surface area (Å²) in [6.07, 6.45) is 4.84. The van der Waals surface area contributed by atoms with E-state index in [4.69, 9.17) is 0 Å². The van der Waals surface area contributed by atoms with Gasteiger partial charge < -0.3 is 15.5 Å². The maximum absolute atomic E-state index is 4.48. The number of hydrogen-bond donors (Lipinski definition) is 2. The van der Waals surface area contributed by atoms with Gasteiger partial charge in [-0.15, -0.1) is 24.0 Å². The lowest BCUT2D eigenvalue weighted by molar-refractivity contribution is 0.191. The summed E-state index contributed by atoms with van der Waals surface area (Å²) < 4.78 is 1.96. The number of aromatic nitrogens is 2. The number of aryl methyl sites for hydroxylation is 2. The third-order valence-corrected chi connectivity index (χ3v) is 5.37. The Balaban J connectivity index is 0.00000338. The van der Waals surface area contributed by atoms with Crippen LogP contribution in [0.5, 0.6) is 0 Å². The minimum absolute atomic E-state index is 0. The van der Waals surface area contributed by atoms with Crippen LogP contribution in [0.1, 0.15) is 43.1 Å². The Kier molecular flexibility index (Phi) is 10.5. The highest BCUT2D eigenvalue weighted by atomic mass is 127. The van der Waals surface area contributed by atoms with E-state index in [1.165, 1.54) is 43.7 Å². The van der Waals surface area contributed by atoms with Crippen LogP contribution in [0.15, 0.2) is 4.99 Å². The summed E-state index contributed by atoms with van der Waals surface area (Å²) >= 11 is 0. The number of halogens is 1. The Hall–Kier alpha value is -0.830. The fourth-order valence-corrected chi connectivity index (χ4v) is 3.50. The highest BCUT2D eigenvalue weighted by molar-refractivity contribution is 14.0. The van der Waals surface area contributed by atoms with Crippen LogP contribution in [0.3, 0.4) is 0 Å². The van der Waals surface area contributed by atoms with Gasteiger partial charge in [0.15, 0.2) is 5.96 Å². The first-order chi connectivity index (χ1) is 12.0. The molecule has 26 heavy (non-hydrogen) atoms. The summed E-state index contributed by atoms with van der Waals surface area (Å²) in [4.78, 5) is 6.91. The fraction of sp³-hybridized carbons (Fsp3) is 0.789. The van der Waals surface area contributed by atoms with Gasteiger partial charge in [0.25, 0.3) is 0 Å². The molecule has 0 unspecified atom stereocenters. The van der Waals surface area contributed by atoms with Crippen molar-refractivity contribution in [2.75, 3.05) is 39.8 Å². The van der Waals surface area contributed by atoms with Gasteiger partial charge in [-0.2, -0.15) is 5.10 Å². The summed E-state index contributed by atoms with van der Waals surface area (Å²) in [7, 11) is 3.84. The average molecular weight is 476 g/mol. The number of piperidine rings is 1. The summed E-state index contributed by atoms with van der Waals surface area (Å²) in [5.74, 6) is 1.80. The zero-order chi connectivity index (χ0) is 18.2. The predicted molar refractivity (Wildman–Crippen MR) is 121 cm³/mol. The second kappa shape index (κ2) is 11.8. The van der Waals surface area contributed by atoms with Gasteiger partial charge in [-0.3, -0.25) is 9.67 Å². The topological polar surface area (TPSA) is 57.5 Å². The number of rotatable bonds is 7. The van der Waals surface area contributed by atoms with Crippen molar-refractivity contribution in [3.05, 3.63) is 17.0 Å². The molecule has 0 atom stereocenters. The molecule has 2 heterocycles. The van der Waals surface area contributed by atoms with Gasteiger partial charge in [0, 0.05) is 32.9 Å². The highest BCUT2D eigenvalue weighted by Crippen LogP contribution is 2.15. The first-order valence-corrected chi connectivity index (χ1v) is 9.67. The molecule has 1 aliphatic heterocycles. The minimum atomic E-state index is 0. The standard InChI is InChI=1S/C19H36N6.HI/c1-15-8-13-25(14-9-15)12-6-10-21-19(20-4)22-11-7-18-16(2)23-24(5)17(18)3;/h15H,6-14H2,1-5H3,(H2,20,21,22);1H. The average Bonchev–Trinajstić information content (AvgIpc) is 2.84. The van der Waals surface area contributed by atoms with Crippen molar-refractivity contribution in [3.8, 4) is 0 Å². The van der Waals surface area contributed by atoms with Crippen molar-refractivity contribution in [2.45, 2.75) is 46.5 Å². The van der Waals surface area contributed by atoms with E-state index >= 15 is 0 Å². The van der Waals surface area contributed by atoms with Crippen molar-refractivity contribution in [1.29, 1.82) is 0 Å². The predicted octanol–water partition coefficient (Wildman–Crippen LogP) is 2.48. The van der Waals surface area contributed by atoms with E-state index in [-0.39, 0.29) is 24.0 Å². The molecule has 0 amide bonds. The van der Waals surface area contributed by atoms with Crippen LogP contribution < -0.4 is 10.6 Å². The molecule has 2 N–H and O–H groups in total. The van der Waals surface area contributed by atoms with E-state index < -0.39 is 0 Å². The third-order valence-electron chi connectivity index (χ3n) is 5.37. The Labute approximate surface area is 176 Å². The van der Waals surface area contributed by atoms with Gasteiger partial charge in [0.2, 0.25) is 0 Å². The molecule has 6 nitrogen and oxygen atoms in total. The Morgan fingerprint density at radius 1 is 1.19 bits per heavy atom. The second-order valence-corrected chi connectivity index (χ2v) is 7.33. The van der Waals surface area contributed by atoms with Crippen LogP contribution in [-0.2, 0) is 13.5 Å². The first kappa shape index (κ1) is 23.2. The summed E-state index contributed by atoms with van der Waals surface area (Å²) in [5.41, 5.74) is 3.71. The number of nitrogens with zero attached hydrogens (tertiary/aromatic N) is 4.